The molecule has 0 bridgehead atoms. The molecule has 1 aromatic heterocycles. The van der Waals surface area contributed by atoms with Gasteiger partial charge in [0.1, 0.15) is 17.5 Å². The van der Waals surface area contributed by atoms with Crippen LogP contribution in [-0.2, 0) is 6.54 Å². The number of hydrogen-bond acceptors (Lipinski definition) is 3. The van der Waals surface area contributed by atoms with Gasteiger partial charge in [0.25, 0.3) is 5.56 Å². The summed E-state index contributed by atoms with van der Waals surface area (Å²) in [5, 5.41) is 2.76. The highest BCUT2D eigenvalue weighted by molar-refractivity contribution is 5.34. The molecular formula is C14H15F2N3O2. The van der Waals surface area contributed by atoms with Crippen LogP contribution in [0, 0.1) is 11.6 Å². The largest absolute Gasteiger partial charge is 0.367 e. The molecule has 0 saturated carbocycles. The summed E-state index contributed by atoms with van der Waals surface area (Å²) in [5.41, 5.74) is -0.617. The third kappa shape index (κ3) is 3.56. The van der Waals surface area contributed by atoms with Crippen molar-refractivity contribution in [2.75, 3.05) is 5.32 Å². The molecule has 0 fully saturated rings. The molecular weight excluding hydrogens is 280 g/mol. The molecule has 0 aliphatic heterocycles. The van der Waals surface area contributed by atoms with E-state index in [4.69, 9.17) is 0 Å². The Morgan fingerprint density at radius 3 is 2.29 bits per heavy atom. The van der Waals surface area contributed by atoms with Crippen molar-refractivity contribution in [1.29, 1.82) is 0 Å². The first-order chi connectivity index (χ1) is 9.86. The molecule has 2 aromatic rings. The van der Waals surface area contributed by atoms with Crippen molar-refractivity contribution >= 4 is 5.82 Å². The van der Waals surface area contributed by atoms with E-state index in [2.05, 4.69) is 10.3 Å². The van der Waals surface area contributed by atoms with Gasteiger partial charge in [-0.25, -0.2) is 13.6 Å². The Morgan fingerprint density at radius 2 is 1.76 bits per heavy atom. The Bertz CT molecular complexity index is 714. The van der Waals surface area contributed by atoms with E-state index in [1.165, 1.54) is 18.2 Å². The normalized spacial score (nSPS) is 10.9. The van der Waals surface area contributed by atoms with E-state index < -0.39 is 22.9 Å². The minimum atomic E-state index is -0.685. The Labute approximate surface area is 119 Å². The number of aromatic nitrogens is 2. The fourth-order valence-corrected chi connectivity index (χ4v) is 2.00. The zero-order valence-electron chi connectivity index (χ0n) is 11.6. The SMILES string of the molecule is CC(C)n1c(=O)cc(NCc2cc(F)cc(F)c2)[nH]c1=O. The highest BCUT2D eigenvalue weighted by atomic mass is 19.1. The van der Waals surface area contributed by atoms with Gasteiger partial charge >= 0.3 is 5.69 Å². The molecule has 112 valence electrons. The summed E-state index contributed by atoms with van der Waals surface area (Å²) in [6, 6.07) is 4.09. The van der Waals surface area contributed by atoms with Crippen molar-refractivity contribution < 1.29 is 8.78 Å². The number of rotatable bonds is 4. The van der Waals surface area contributed by atoms with Crippen LogP contribution in [0.1, 0.15) is 25.5 Å². The van der Waals surface area contributed by atoms with Crippen molar-refractivity contribution in [2.45, 2.75) is 26.4 Å². The number of H-pyrrole nitrogens is 1. The molecule has 0 spiro atoms. The van der Waals surface area contributed by atoms with Crippen LogP contribution in [-0.4, -0.2) is 9.55 Å². The summed E-state index contributed by atoms with van der Waals surface area (Å²) in [4.78, 5) is 26.1. The Morgan fingerprint density at radius 1 is 1.14 bits per heavy atom. The lowest BCUT2D eigenvalue weighted by molar-refractivity contribution is 0.546. The number of hydrogen-bond donors (Lipinski definition) is 2. The first-order valence-corrected chi connectivity index (χ1v) is 6.41. The smallest absolute Gasteiger partial charge is 0.330 e. The van der Waals surface area contributed by atoms with Crippen molar-refractivity contribution in [1.82, 2.24) is 9.55 Å². The quantitative estimate of drug-likeness (QED) is 0.906. The number of halogens is 2. The lowest BCUT2D eigenvalue weighted by atomic mass is 10.2. The van der Waals surface area contributed by atoms with Crippen LogP contribution in [0.25, 0.3) is 0 Å². The molecule has 0 unspecified atom stereocenters. The van der Waals surface area contributed by atoms with Gasteiger partial charge in [0.2, 0.25) is 0 Å². The molecule has 0 aliphatic carbocycles. The lowest BCUT2D eigenvalue weighted by Gasteiger charge is -2.11. The van der Waals surface area contributed by atoms with Gasteiger partial charge in [-0.3, -0.25) is 14.3 Å². The third-order valence-corrected chi connectivity index (χ3v) is 2.89. The summed E-state index contributed by atoms with van der Waals surface area (Å²) in [7, 11) is 0. The third-order valence-electron chi connectivity index (χ3n) is 2.89. The van der Waals surface area contributed by atoms with Gasteiger partial charge in [0.05, 0.1) is 0 Å². The van der Waals surface area contributed by atoms with Gasteiger partial charge in [0.15, 0.2) is 0 Å². The lowest BCUT2D eigenvalue weighted by Crippen LogP contribution is -2.36. The first kappa shape index (κ1) is 15.0. The van der Waals surface area contributed by atoms with Gasteiger partial charge < -0.3 is 5.32 Å². The molecule has 7 heteroatoms. The van der Waals surface area contributed by atoms with Gasteiger partial charge in [-0.15, -0.1) is 0 Å². The Balaban J connectivity index is 2.21. The first-order valence-electron chi connectivity index (χ1n) is 6.41. The van der Waals surface area contributed by atoms with Crippen molar-refractivity contribution in [3.05, 3.63) is 62.3 Å². The highest BCUT2D eigenvalue weighted by Crippen LogP contribution is 2.09. The number of aromatic amines is 1. The van der Waals surface area contributed by atoms with Gasteiger partial charge in [-0.1, -0.05) is 0 Å². The Hall–Kier alpha value is -2.44. The average Bonchev–Trinajstić information content (AvgIpc) is 2.34. The monoisotopic (exact) mass is 295 g/mol. The topological polar surface area (TPSA) is 66.9 Å². The summed E-state index contributed by atoms with van der Waals surface area (Å²) in [6.07, 6.45) is 0. The zero-order valence-corrected chi connectivity index (χ0v) is 11.6. The van der Waals surface area contributed by atoms with Crippen LogP contribution in [0.4, 0.5) is 14.6 Å². The Kier molecular flexibility index (Phi) is 4.21. The standard InChI is InChI=1S/C14H15F2N3O2/c1-8(2)19-13(20)6-12(18-14(19)21)17-7-9-3-10(15)5-11(16)4-9/h3-6,8,17H,7H2,1-2H3,(H,18,21). The summed E-state index contributed by atoms with van der Waals surface area (Å²) in [5.74, 6) is -1.17. The second-order valence-corrected chi connectivity index (χ2v) is 4.92. The molecule has 1 aromatic carbocycles. The van der Waals surface area contributed by atoms with E-state index >= 15 is 0 Å². The van der Waals surface area contributed by atoms with Crippen LogP contribution in [0.2, 0.25) is 0 Å². The minimum absolute atomic E-state index is 0.0791. The van der Waals surface area contributed by atoms with E-state index in [9.17, 15) is 18.4 Å². The summed E-state index contributed by atoms with van der Waals surface area (Å²) >= 11 is 0. The molecule has 5 nitrogen and oxygen atoms in total. The van der Waals surface area contributed by atoms with Gasteiger partial charge in [-0.05, 0) is 31.5 Å². The van der Waals surface area contributed by atoms with E-state index in [0.717, 1.165) is 10.6 Å². The predicted octanol–water partition coefficient (Wildman–Crippen LogP) is 2.01. The van der Waals surface area contributed by atoms with Crippen LogP contribution < -0.4 is 16.6 Å². The number of nitrogens with one attached hydrogen (secondary N) is 2. The molecule has 0 radical (unpaired) electrons. The zero-order chi connectivity index (χ0) is 15.6. The summed E-state index contributed by atoms with van der Waals surface area (Å²) < 4.78 is 27.2. The predicted molar refractivity (Wildman–Crippen MR) is 75.4 cm³/mol. The van der Waals surface area contributed by atoms with E-state index in [0.29, 0.717) is 5.56 Å². The highest BCUT2D eigenvalue weighted by Gasteiger charge is 2.07. The van der Waals surface area contributed by atoms with Crippen LogP contribution in [0.5, 0.6) is 0 Å². The molecule has 2 rings (SSSR count). The average molecular weight is 295 g/mol. The van der Waals surface area contributed by atoms with Crippen molar-refractivity contribution in [2.24, 2.45) is 0 Å². The second kappa shape index (κ2) is 5.90. The van der Waals surface area contributed by atoms with E-state index in [1.54, 1.807) is 13.8 Å². The van der Waals surface area contributed by atoms with Crippen LogP contribution >= 0.6 is 0 Å². The maximum Gasteiger partial charge on any atom is 0.330 e. The minimum Gasteiger partial charge on any atom is -0.367 e. The fraction of sp³-hybridized carbons (Fsp3) is 0.286. The molecule has 21 heavy (non-hydrogen) atoms. The van der Waals surface area contributed by atoms with Crippen LogP contribution in [0.15, 0.2) is 33.9 Å². The number of nitrogens with zero attached hydrogens (tertiary/aromatic N) is 1. The molecule has 2 N–H and O–H groups in total. The fourth-order valence-electron chi connectivity index (χ4n) is 2.00. The number of benzene rings is 1. The maximum atomic E-state index is 13.0. The van der Waals surface area contributed by atoms with Crippen molar-refractivity contribution in [3.63, 3.8) is 0 Å². The van der Waals surface area contributed by atoms with Gasteiger partial charge in [0, 0.05) is 24.7 Å². The molecule has 1 heterocycles. The van der Waals surface area contributed by atoms with E-state index in [1.807, 2.05) is 0 Å². The van der Waals surface area contributed by atoms with E-state index in [-0.39, 0.29) is 18.4 Å². The molecule has 0 saturated heterocycles. The number of anilines is 1. The molecule has 0 aliphatic rings. The second-order valence-electron chi connectivity index (χ2n) is 4.92. The van der Waals surface area contributed by atoms with Crippen molar-refractivity contribution in [3.8, 4) is 0 Å². The van der Waals surface area contributed by atoms with Gasteiger partial charge in [-0.2, -0.15) is 0 Å². The summed E-state index contributed by atoms with van der Waals surface area (Å²) in [6.45, 7) is 3.52. The molecule has 0 amide bonds. The molecule has 0 atom stereocenters. The maximum absolute atomic E-state index is 13.0. The van der Waals surface area contributed by atoms with Crippen LogP contribution in [0.3, 0.4) is 0 Å².